The van der Waals surface area contributed by atoms with Gasteiger partial charge in [-0.25, -0.2) is 0 Å². The van der Waals surface area contributed by atoms with E-state index in [2.05, 4.69) is 15.2 Å². The summed E-state index contributed by atoms with van der Waals surface area (Å²) in [5, 5.41) is 7.75. The molecule has 2 heterocycles. The third-order valence-corrected chi connectivity index (χ3v) is 3.31. The van der Waals surface area contributed by atoms with E-state index in [0.717, 1.165) is 27.9 Å². The van der Waals surface area contributed by atoms with E-state index in [1.807, 2.05) is 43.5 Å². The first-order chi connectivity index (χ1) is 9.65. The van der Waals surface area contributed by atoms with Gasteiger partial charge in [-0.1, -0.05) is 23.7 Å². The molecule has 3 rings (SSSR count). The van der Waals surface area contributed by atoms with Crippen LogP contribution in [0.25, 0.3) is 22.4 Å². The van der Waals surface area contributed by atoms with E-state index in [9.17, 15) is 0 Å². The monoisotopic (exact) mass is 284 g/mol. The van der Waals surface area contributed by atoms with Crippen molar-refractivity contribution in [2.75, 3.05) is 5.73 Å². The minimum atomic E-state index is 0.448. The fourth-order valence-corrected chi connectivity index (χ4v) is 2.38. The molecule has 4 nitrogen and oxygen atoms in total. The van der Waals surface area contributed by atoms with Crippen molar-refractivity contribution in [1.82, 2.24) is 15.2 Å². The zero-order valence-electron chi connectivity index (χ0n) is 10.9. The second-order valence-corrected chi connectivity index (χ2v) is 5.06. The van der Waals surface area contributed by atoms with E-state index < -0.39 is 0 Å². The molecule has 0 fully saturated rings. The molecule has 5 heteroatoms. The number of benzene rings is 1. The maximum atomic E-state index is 6.05. The van der Waals surface area contributed by atoms with Crippen LogP contribution >= 0.6 is 11.6 Å². The predicted octanol–water partition coefficient (Wildman–Crippen LogP) is 3.68. The van der Waals surface area contributed by atoms with Crippen molar-refractivity contribution in [3.8, 4) is 22.4 Å². The lowest BCUT2D eigenvalue weighted by molar-refractivity contribution is 1.10. The summed E-state index contributed by atoms with van der Waals surface area (Å²) in [6.07, 6.45) is 3.59. The van der Waals surface area contributed by atoms with E-state index >= 15 is 0 Å². The minimum absolute atomic E-state index is 0.448. The standard InChI is InChI=1S/C15H13ClN4/c1-9-5-11(8-18-7-9)14-13(15(17)20-19-14)10-3-2-4-12(16)6-10/h2-8H,1H3,(H3,17,19,20). The first-order valence-corrected chi connectivity index (χ1v) is 6.55. The average molecular weight is 285 g/mol. The Morgan fingerprint density at radius 2 is 2.00 bits per heavy atom. The molecular formula is C15H13ClN4. The van der Waals surface area contributed by atoms with Crippen LogP contribution in [-0.2, 0) is 0 Å². The van der Waals surface area contributed by atoms with E-state index in [0.29, 0.717) is 10.8 Å². The highest BCUT2D eigenvalue weighted by Gasteiger charge is 2.15. The van der Waals surface area contributed by atoms with Gasteiger partial charge in [0.2, 0.25) is 0 Å². The maximum absolute atomic E-state index is 6.05. The Kier molecular flexibility index (Phi) is 3.16. The van der Waals surface area contributed by atoms with Gasteiger partial charge in [0.05, 0.1) is 11.3 Å². The molecule has 3 N–H and O–H groups in total. The van der Waals surface area contributed by atoms with E-state index in [4.69, 9.17) is 17.3 Å². The highest BCUT2D eigenvalue weighted by Crippen LogP contribution is 2.35. The van der Waals surface area contributed by atoms with Crippen LogP contribution in [0.3, 0.4) is 0 Å². The Hall–Kier alpha value is -2.33. The zero-order valence-corrected chi connectivity index (χ0v) is 11.6. The summed E-state index contributed by atoms with van der Waals surface area (Å²) in [5.41, 5.74) is 10.6. The van der Waals surface area contributed by atoms with Gasteiger partial charge < -0.3 is 5.73 Å². The molecule has 3 aromatic rings. The molecule has 2 aromatic heterocycles. The molecule has 0 amide bonds. The maximum Gasteiger partial charge on any atom is 0.153 e. The fourth-order valence-electron chi connectivity index (χ4n) is 2.19. The molecule has 1 aromatic carbocycles. The van der Waals surface area contributed by atoms with Crippen molar-refractivity contribution in [2.24, 2.45) is 0 Å². The summed E-state index contributed by atoms with van der Waals surface area (Å²) >= 11 is 6.05. The first-order valence-electron chi connectivity index (χ1n) is 6.17. The Labute approximate surface area is 121 Å². The largest absolute Gasteiger partial charge is 0.382 e. The number of rotatable bonds is 2. The number of pyridine rings is 1. The summed E-state index contributed by atoms with van der Waals surface area (Å²) in [7, 11) is 0. The van der Waals surface area contributed by atoms with Crippen molar-refractivity contribution >= 4 is 17.4 Å². The number of halogens is 1. The molecule has 100 valence electrons. The number of anilines is 1. The molecule has 0 aliphatic rings. The number of hydrogen-bond acceptors (Lipinski definition) is 3. The van der Waals surface area contributed by atoms with Crippen LogP contribution in [-0.4, -0.2) is 15.2 Å². The lowest BCUT2D eigenvalue weighted by atomic mass is 10.0. The third kappa shape index (κ3) is 2.26. The smallest absolute Gasteiger partial charge is 0.153 e. The number of aromatic amines is 1. The molecule has 0 saturated carbocycles. The Morgan fingerprint density at radius 1 is 1.15 bits per heavy atom. The Morgan fingerprint density at radius 3 is 2.75 bits per heavy atom. The lowest BCUT2D eigenvalue weighted by Crippen LogP contribution is -1.89. The summed E-state index contributed by atoms with van der Waals surface area (Å²) in [6, 6.07) is 9.58. The van der Waals surface area contributed by atoms with Crippen LogP contribution in [0.2, 0.25) is 5.02 Å². The third-order valence-electron chi connectivity index (χ3n) is 3.07. The minimum Gasteiger partial charge on any atom is -0.382 e. The van der Waals surface area contributed by atoms with Crippen molar-refractivity contribution in [2.45, 2.75) is 6.92 Å². The highest BCUT2D eigenvalue weighted by atomic mass is 35.5. The van der Waals surface area contributed by atoms with E-state index in [-0.39, 0.29) is 0 Å². The van der Waals surface area contributed by atoms with Crippen LogP contribution in [0.4, 0.5) is 5.82 Å². The van der Waals surface area contributed by atoms with Crippen molar-refractivity contribution in [1.29, 1.82) is 0 Å². The number of nitrogens with zero attached hydrogens (tertiary/aromatic N) is 2. The van der Waals surface area contributed by atoms with Gasteiger partial charge in [-0.15, -0.1) is 0 Å². The summed E-state index contributed by atoms with van der Waals surface area (Å²) in [5.74, 6) is 0.448. The number of aryl methyl sites for hydroxylation is 1. The number of nitrogens with one attached hydrogen (secondary N) is 1. The first kappa shape index (κ1) is 12.7. The molecule has 0 unspecified atom stereocenters. The molecule has 0 atom stereocenters. The molecule has 0 radical (unpaired) electrons. The van der Waals surface area contributed by atoms with Gasteiger partial charge in [0, 0.05) is 23.0 Å². The van der Waals surface area contributed by atoms with Gasteiger partial charge in [-0.3, -0.25) is 10.1 Å². The predicted molar refractivity (Wildman–Crippen MR) is 81.4 cm³/mol. The van der Waals surface area contributed by atoms with Crippen LogP contribution < -0.4 is 5.73 Å². The molecule has 0 saturated heterocycles. The quantitative estimate of drug-likeness (QED) is 0.754. The van der Waals surface area contributed by atoms with E-state index in [1.165, 1.54) is 0 Å². The number of hydrogen-bond donors (Lipinski definition) is 2. The van der Waals surface area contributed by atoms with Crippen molar-refractivity contribution in [3.05, 3.63) is 53.3 Å². The van der Waals surface area contributed by atoms with Gasteiger partial charge >= 0.3 is 0 Å². The van der Waals surface area contributed by atoms with Crippen LogP contribution in [0.1, 0.15) is 5.56 Å². The highest BCUT2D eigenvalue weighted by molar-refractivity contribution is 6.30. The number of aromatic nitrogens is 3. The molecule has 0 bridgehead atoms. The van der Waals surface area contributed by atoms with Gasteiger partial charge in [0.25, 0.3) is 0 Å². The van der Waals surface area contributed by atoms with Gasteiger partial charge in [0.15, 0.2) is 5.82 Å². The molecule has 0 aliphatic carbocycles. The summed E-state index contributed by atoms with van der Waals surface area (Å²) < 4.78 is 0. The Bertz CT molecular complexity index is 764. The number of nitrogen functional groups attached to an aromatic ring is 1. The van der Waals surface area contributed by atoms with E-state index in [1.54, 1.807) is 6.20 Å². The van der Waals surface area contributed by atoms with Crippen LogP contribution in [0.15, 0.2) is 42.7 Å². The normalized spacial score (nSPS) is 10.7. The summed E-state index contributed by atoms with van der Waals surface area (Å²) in [4.78, 5) is 4.21. The molecular weight excluding hydrogens is 272 g/mol. The van der Waals surface area contributed by atoms with Gasteiger partial charge in [0.1, 0.15) is 0 Å². The van der Waals surface area contributed by atoms with Gasteiger partial charge in [-0.2, -0.15) is 5.10 Å². The van der Waals surface area contributed by atoms with Crippen molar-refractivity contribution in [3.63, 3.8) is 0 Å². The SMILES string of the molecule is Cc1cncc(-c2[nH]nc(N)c2-c2cccc(Cl)c2)c1. The van der Waals surface area contributed by atoms with Crippen LogP contribution in [0, 0.1) is 6.92 Å². The summed E-state index contributed by atoms with van der Waals surface area (Å²) in [6.45, 7) is 2.00. The molecule has 20 heavy (non-hydrogen) atoms. The second-order valence-electron chi connectivity index (χ2n) is 4.62. The topological polar surface area (TPSA) is 67.6 Å². The number of H-pyrrole nitrogens is 1. The van der Waals surface area contributed by atoms with Crippen molar-refractivity contribution < 1.29 is 0 Å². The second kappa shape index (κ2) is 4.98. The zero-order chi connectivity index (χ0) is 14.1. The Balaban J connectivity index is 2.20. The lowest BCUT2D eigenvalue weighted by Gasteiger charge is -2.05. The van der Waals surface area contributed by atoms with Gasteiger partial charge in [-0.05, 0) is 36.2 Å². The average Bonchev–Trinajstić information content (AvgIpc) is 2.80. The van der Waals surface area contributed by atoms with Crippen LogP contribution in [0.5, 0.6) is 0 Å². The fraction of sp³-hybridized carbons (Fsp3) is 0.0667. The molecule has 0 aliphatic heterocycles. The number of nitrogens with two attached hydrogens (primary N) is 1. The molecule has 0 spiro atoms.